The molecule has 0 spiro atoms. The van der Waals surface area contributed by atoms with Crippen LogP contribution in [0, 0.1) is 6.92 Å². The molecular weight excluding hydrogens is 439 g/mol. The number of aromatic amines is 1. The van der Waals surface area contributed by atoms with E-state index in [0.29, 0.717) is 11.1 Å². The van der Waals surface area contributed by atoms with E-state index in [0.717, 1.165) is 14.2 Å². The second kappa shape index (κ2) is 9.38. The van der Waals surface area contributed by atoms with Crippen LogP contribution in [0.4, 0.5) is 0 Å². The average Bonchev–Trinajstić information content (AvgIpc) is 3.23. The van der Waals surface area contributed by atoms with Crippen molar-refractivity contribution in [3.05, 3.63) is 80.6 Å². The van der Waals surface area contributed by atoms with Gasteiger partial charge in [0.15, 0.2) is 0 Å². The van der Waals surface area contributed by atoms with Gasteiger partial charge in [0.05, 0.1) is 12.1 Å². The first-order valence-corrected chi connectivity index (χ1v) is 11.4. The molecule has 0 amide bonds. The number of allylic oxidation sites excluding steroid dienone is 1. The number of nitrogens with zero attached hydrogens (tertiary/aromatic N) is 1. The van der Waals surface area contributed by atoms with E-state index in [2.05, 4.69) is 4.98 Å². The van der Waals surface area contributed by atoms with Crippen LogP contribution < -0.4 is 11.2 Å². The van der Waals surface area contributed by atoms with Crippen LogP contribution in [-0.2, 0) is 29.6 Å². The number of ether oxygens (including phenoxy) is 1. The highest BCUT2D eigenvalue weighted by molar-refractivity contribution is 7.56. The van der Waals surface area contributed by atoms with Crippen LogP contribution in [0.1, 0.15) is 23.6 Å². The summed E-state index contributed by atoms with van der Waals surface area (Å²) >= 11 is 0. The van der Waals surface area contributed by atoms with Gasteiger partial charge in [-0.1, -0.05) is 42.5 Å². The first kappa shape index (κ1) is 23.9. The maximum Gasteiger partial charge on any atom is 0.373 e. The molecule has 11 heteroatoms. The largest absolute Gasteiger partial charge is 0.479 e. The van der Waals surface area contributed by atoms with E-state index in [1.54, 1.807) is 49.4 Å². The Morgan fingerprint density at radius 3 is 2.47 bits per heavy atom. The van der Waals surface area contributed by atoms with Gasteiger partial charge in [-0.05, 0) is 12.5 Å². The molecule has 1 heterocycles. The quantitative estimate of drug-likeness (QED) is 0.426. The third kappa shape index (κ3) is 4.40. The number of nitrogens with one attached hydrogen (secondary N) is 1. The fourth-order valence-corrected chi connectivity index (χ4v) is 5.33. The Morgan fingerprint density at radius 2 is 1.88 bits per heavy atom. The summed E-state index contributed by atoms with van der Waals surface area (Å²) in [5.74, 6) is -1.50. The van der Waals surface area contributed by atoms with Crippen molar-refractivity contribution < 1.29 is 28.3 Å². The van der Waals surface area contributed by atoms with Crippen molar-refractivity contribution in [1.29, 1.82) is 0 Å². The lowest BCUT2D eigenvalue weighted by molar-refractivity contribution is -0.160. The normalized spacial score (nSPS) is 20.2. The summed E-state index contributed by atoms with van der Waals surface area (Å²) < 4.78 is 30.9. The molecule has 1 aromatic carbocycles. The number of aromatic nitrogens is 2. The fourth-order valence-electron chi connectivity index (χ4n) is 3.71. The zero-order valence-electron chi connectivity index (χ0n) is 17.9. The first-order valence-electron chi connectivity index (χ1n) is 9.83. The van der Waals surface area contributed by atoms with Crippen LogP contribution in [0.5, 0.6) is 0 Å². The minimum Gasteiger partial charge on any atom is -0.479 e. The molecule has 1 aliphatic carbocycles. The topological polar surface area (TPSA) is 137 Å². The summed E-state index contributed by atoms with van der Waals surface area (Å²) in [6.07, 6.45) is 3.80. The lowest BCUT2D eigenvalue weighted by Crippen LogP contribution is -2.46. The van der Waals surface area contributed by atoms with E-state index < -0.39 is 42.3 Å². The molecule has 3 unspecified atom stereocenters. The Bertz CT molecular complexity index is 1160. The lowest BCUT2D eigenvalue weighted by atomic mass is 10.1. The molecule has 2 aromatic rings. The molecule has 32 heavy (non-hydrogen) atoms. The van der Waals surface area contributed by atoms with E-state index in [1.807, 2.05) is 0 Å². The molecule has 0 fully saturated rings. The monoisotopic (exact) mass is 464 g/mol. The van der Waals surface area contributed by atoms with E-state index in [1.165, 1.54) is 10.8 Å². The molecule has 0 saturated carbocycles. The van der Waals surface area contributed by atoms with Crippen LogP contribution in [0.3, 0.4) is 0 Å². The van der Waals surface area contributed by atoms with Crippen LogP contribution >= 0.6 is 7.60 Å². The van der Waals surface area contributed by atoms with E-state index in [4.69, 9.17) is 13.8 Å². The average molecular weight is 464 g/mol. The van der Waals surface area contributed by atoms with Crippen molar-refractivity contribution >= 4 is 13.6 Å². The van der Waals surface area contributed by atoms with Crippen molar-refractivity contribution in [3.8, 4) is 0 Å². The van der Waals surface area contributed by atoms with Crippen LogP contribution in [0.25, 0.3) is 0 Å². The summed E-state index contributed by atoms with van der Waals surface area (Å²) in [6, 6.07) is 8.11. The second-order valence-electron chi connectivity index (χ2n) is 7.44. The summed E-state index contributed by atoms with van der Waals surface area (Å²) in [4.78, 5) is 38.6. The number of H-pyrrole nitrogens is 1. The molecule has 1 aromatic heterocycles. The highest BCUT2D eigenvalue weighted by Gasteiger charge is 2.59. The molecule has 172 valence electrons. The first-order chi connectivity index (χ1) is 15.2. The summed E-state index contributed by atoms with van der Waals surface area (Å²) in [5.41, 5.74) is -0.149. The molecule has 0 radical (unpaired) electrons. The van der Waals surface area contributed by atoms with Gasteiger partial charge in [0, 0.05) is 38.8 Å². The van der Waals surface area contributed by atoms with Crippen molar-refractivity contribution in [2.75, 3.05) is 14.2 Å². The second-order valence-corrected chi connectivity index (χ2v) is 9.89. The number of aryl methyl sites for hydroxylation is 1. The van der Waals surface area contributed by atoms with E-state index in [-0.39, 0.29) is 12.8 Å². The summed E-state index contributed by atoms with van der Waals surface area (Å²) in [5, 5.41) is 7.84. The predicted molar refractivity (Wildman–Crippen MR) is 116 cm³/mol. The van der Waals surface area contributed by atoms with Gasteiger partial charge in [0.2, 0.25) is 0 Å². The van der Waals surface area contributed by atoms with Crippen molar-refractivity contribution in [3.63, 3.8) is 0 Å². The Balaban J connectivity index is 1.96. The maximum absolute atomic E-state index is 13.4. The van der Waals surface area contributed by atoms with Crippen molar-refractivity contribution in [2.45, 2.75) is 37.3 Å². The number of carboxylic acid groups (broad SMARTS) is 1. The van der Waals surface area contributed by atoms with Crippen LogP contribution in [0.2, 0.25) is 0 Å². The SMILES string of the molecule is COP(=O)(OC)C(Cc1ccccc1)(OC1C=CC(n2cc(C)c(=O)[nH]c2=O)C1)C(=O)O. The third-order valence-corrected chi connectivity index (χ3v) is 7.72. The van der Waals surface area contributed by atoms with Gasteiger partial charge in [-0.3, -0.25) is 18.9 Å². The molecule has 3 rings (SSSR count). The van der Waals surface area contributed by atoms with Gasteiger partial charge < -0.3 is 18.9 Å². The number of hydrogen-bond donors (Lipinski definition) is 2. The van der Waals surface area contributed by atoms with Crippen molar-refractivity contribution in [1.82, 2.24) is 9.55 Å². The Hall–Kier alpha value is -2.78. The minimum absolute atomic E-state index is 0.183. The van der Waals surface area contributed by atoms with Gasteiger partial charge in [0.25, 0.3) is 10.9 Å². The molecule has 3 atom stereocenters. The number of hydrogen-bond acceptors (Lipinski definition) is 7. The predicted octanol–water partition coefficient (Wildman–Crippen LogP) is 2.24. The molecular formula is C21H25N2O8P. The van der Waals surface area contributed by atoms with Crippen LogP contribution in [-0.4, -0.2) is 46.3 Å². The standard InChI is InChI=1S/C21H25N2O8P/c1-14-13-23(20(27)22-18(14)24)16-9-10-17(11-16)31-21(19(25)26,32(28,29-2)30-3)12-15-7-5-4-6-8-15/h4-10,13,16-17H,11-12H2,1-3H3,(H,25,26)(H,22,24,27). The van der Waals surface area contributed by atoms with E-state index in [9.17, 15) is 24.1 Å². The third-order valence-electron chi connectivity index (χ3n) is 5.42. The fraction of sp³-hybridized carbons (Fsp3) is 0.381. The summed E-state index contributed by atoms with van der Waals surface area (Å²) in [6.45, 7) is 1.57. The van der Waals surface area contributed by atoms with Crippen LogP contribution in [0.15, 0.2) is 58.3 Å². The van der Waals surface area contributed by atoms with E-state index >= 15 is 0 Å². The Labute approximate surface area is 184 Å². The molecule has 10 nitrogen and oxygen atoms in total. The molecule has 2 N–H and O–H groups in total. The summed E-state index contributed by atoms with van der Waals surface area (Å²) in [7, 11) is -2.08. The number of aliphatic carboxylic acids is 1. The molecule has 0 aliphatic heterocycles. The maximum atomic E-state index is 13.4. The zero-order valence-corrected chi connectivity index (χ0v) is 18.8. The zero-order chi connectivity index (χ0) is 23.5. The molecule has 0 saturated heterocycles. The number of rotatable bonds is 9. The van der Waals surface area contributed by atoms with Crippen molar-refractivity contribution in [2.24, 2.45) is 0 Å². The highest BCUT2D eigenvalue weighted by atomic mass is 31.2. The minimum atomic E-state index is -4.28. The molecule has 0 bridgehead atoms. The van der Waals surface area contributed by atoms with Gasteiger partial charge in [-0.15, -0.1) is 0 Å². The van der Waals surface area contributed by atoms with Gasteiger partial charge in [-0.25, -0.2) is 9.59 Å². The molecule has 1 aliphatic rings. The Kier molecular flexibility index (Phi) is 7.00. The smallest absolute Gasteiger partial charge is 0.373 e. The lowest BCUT2D eigenvalue weighted by Gasteiger charge is -2.36. The van der Waals surface area contributed by atoms with Gasteiger partial charge in [0.1, 0.15) is 0 Å². The Morgan fingerprint density at radius 1 is 1.22 bits per heavy atom. The highest BCUT2D eigenvalue weighted by Crippen LogP contribution is 2.61. The van der Waals surface area contributed by atoms with Gasteiger partial charge in [-0.2, -0.15) is 0 Å². The number of carboxylic acids is 1. The number of benzene rings is 1. The number of carbonyl (C=O) groups is 1. The van der Waals surface area contributed by atoms with Gasteiger partial charge >= 0.3 is 19.3 Å².